The van der Waals surface area contributed by atoms with Crippen LogP contribution in [0.1, 0.15) is 35.3 Å². The number of thiophene rings is 1. The number of hydrogen-bond donors (Lipinski definition) is 1. The van der Waals surface area contributed by atoms with Gasteiger partial charge in [-0.05, 0) is 38.4 Å². The van der Waals surface area contributed by atoms with Crippen LogP contribution in [-0.2, 0) is 20.1 Å². The topological polar surface area (TPSA) is 66.3 Å². The van der Waals surface area contributed by atoms with E-state index in [2.05, 4.69) is 25.0 Å². The second-order valence-electron chi connectivity index (χ2n) is 6.79. The van der Waals surface area contributed by atoms with Gasteiger partial charge in [-0.25, -0.2) is 4.79 Å². The van der Waals surface area contributed by atoms with Crippen molar-refractivity contribution in [2.75, 3.05) is 27.2 Å². The summed E-state index contributed by atoms with van der Waals surface area (Å²) >= 11 is 1.66. The van der Waals surface area contributed by atoms with E-state index in [0.717, 1.165) is 37.6 Å². The van der Waals surface area contributed by atoms with Crippen LogP contribution in [0.2, 0.25) is 0 Å². The van der Waals surface area contributed by atoms with Crippen molar-refractivity contribution in [1.29, 1.82) is 0 Å². The van der Waals surface area contributed by atoms with Crippen molar-refractivity contribution in [2.24, 2.45) is 7.05 Å². The lowest BCUT2D eigenvalue weighted by atomic mass is 9.97. The molecule has 0 unspecified atom stereocenters. The highest BCUT2D eigenvalue weighted by molar-refractivity contribution is 7.09. The van der Waals surface area contributed by atoms with Crippen LogP contribution in [0.3, 0.4) is 0 Å². The molecule has 3 heterocycles. The Bertz CT molecular complexity index is 696. The van der Waals surface area contributed by atoms with Gasteiger partial charge in [0.15, 0.2) is 0 Å². The molecule has 0 saturated carbocycles. The monoisotopic (exact) mass is 362 g/mol. The molecule has 7 nitrogen and oxygen atoms in total. The van der Waals surface area contributed by atoms with Crippen molar-refractivity contribution in [3.05, 3.63) is 34.0 Å². The van der Waals surface area contributed by atoms with Gasteiger partial charge in [-0.3, -0.25) is 0 Å². The van der Waals surface area contributed by atoms with Gasteiger partial charge in [0.2, 0.25) is 0 Å². The van der Waals surface area contributed by atoms with E-state index in [1.54, 1.807) is 11.3 Å². The number of likely N-dealkylation sites (tertiary alicyclic amines) is 1. The van der Waals surface area contributed by atoms with Crippen LogP contribution >= 0.6 is 11.3 Å². The first-order chi connectivity index (χ1) is 12.0. The van der Waals surface area contributed by atoms with Crippen molar-refractivity contribution in [3.8, 4) is 0 Å². The normalized spacial score (nSPS) is 17.9. The van der Waals surface area contributed by atoms with Gasteiger partial charge in [-0.1, -0.05) is 6.07 Å². The molecule has 3 rings (SSSR count). The van der Waals surface area contributed by atoms with E-state index in [-0.39, 0.29) is 11.9 Å². The summed E-state index contributed by atoms with van der Waals surface area (Å²) in [6, 6.07) is 4.05. The fourth-order valence-electron chi connectivity index (χ4n) is 3.21. The van der Waals surface area contributed by atoms with E-state index in [1.807, 2.05) is 43.6 Å². The van der Waals surface area contributed by atoms with Crippen LogP contribution in [0.15, 0.2) is 17.5 Å². The van der Waals surface area contributed by atoms with E-state index in [0.29, 0.717) is 13.1 Å². The van der Waals surface area contributed by atoms with Gasteiger partial charge in [-0.15, -0.1) is 21.5 Å². The Kier molecular flexibility index (Phi) is 5.70. The molecule has 1 aliphatic rings. The third-order valence-electron chi connectivity index (χ3n) is 4.52. The Morgan fingerprint density at radius 2 is 2.28 bits per heavy atom. The highest BCUT2D eigenvalue weighted by Crippen LogP contribution is 2.26. The minimum atomic E-state index is 0.00813. The first-order valence-electron chi connectivity index (χ1n) is 8.62. The summed E-state index contributed by atoms with van der Waals surface area (Å²) in [5.41, 5.74) is 0. The third-order valence-corrected chi connectivity index (χ3v) is 5.40. The number of aromatic nitrogens is 3. The standard InChI is InChI=1S/C17H26N6OS/c1-21(2)12-15-19-20-16(22(15)3)13-6-4-8-23(11-13)17(24)18-10-14-7-5-9-25-14/h5,7,9,13H,4,6,8,10-12H2,1-3H3,(H,18,24)/t13-/m0/s1. The van der Waals surface area contributed by atoms with Crippen LogP contribution in [0.5, 0.6) is 0 Å². The fraction of sp³-hybridized carbons (Fsp3) is 0.588. The summed E-state index contributed by atoms with van der Waals surface area (Å²) in [5, 5.41) is 13.8. The zero-order chi connectivity index (χ0) is 17.8. The Morgan fingerprint density at radius 3 is 3.00 bits per heavy atom. The number of amides is 2. The van der Waals surface area contributed by atoms with E-state index in [9.17, 15) is 4.79 Å². The zero-order valence-corrected chi connectivity index (χ0v) is 15.9. The van der Waals surface area contributed by atoms with Crippen LogP contribution in [-0.4, -0.2) is 57.8 Å². The highest BCUT2D eigenvalue weighted by Gasteiger charge is 2.28. The summed E-state index contributed by atoms with van der Waals surface area (Å²) in [6.07, 6.45) is 2.04. The number of urea groups is 1. The number of rotatable bonds is 5. The van der Waals surface area contributed by atoms with Gasteiger partial charge in [0.25, 0.3) is 0 Å². The lowest BCUT2D eigenvalue weighted by molar-refractivity contribution is 0.177. The molecule has 2 amide bonds. The van der Waals surface area contributed by atoms with Gasteiger partial charge < -0.3 is 19.7 Å². The summed E-state index contributed by atoms with van der Waals surface area (Å²) in [4.78, 5) is 17.6. The molecule has 0 spiro atoms. The minimum absolute atomic E-state index is 0.00813. The Balaban J connectivity index is 1.61. The predicted molar refractivity (Wildman–Crippen MR) is 98.5 cm³/mol. The molecule has 2 aromatic rings. The Morgan fingerprint density at radius 1 is 1.44 bits per heavy atom. The van der Waals surface area contributed by atoms with Crippen molar-refractivity contribution in [2.45, 2.75) is 31.8 Å². The number of piperidine rings is 1. The molecular formula is C17H26N6OS. The number of carbonyl (C=O) groups excluding carboxylic acids is 1. The molecule has 0 aliphatic carbocycles. The second-order valence-corrected chi connectivity index (χ2v) is 7.83. The van der Waals surface area contributed by atoms with Gasteiger partial charge in [-0.2, -0.15) is 0 Å². The maximum atomic E-state index is 12.5. The second kappa shape index (κ2) is 7.97. The molecule has 0 radical (unpaired) electrons. The van der Waals surface area contributed by atoms with Crippen LogP contribution < -0.4 is 5.32 Å². The lowest BCUT2D eigenvalue weighted by Crippen LogP contribution is -2.45. The number of nitrogens with one attached hydrogen (secondary N) is 1. The average Bonchev–Trinajstić information content (AvgIpc) is 3.23. The van der Waals surface area contributed by atoms with E-state index in [1.165, 1.54) is 4.88 Å². The van der Waals surface area contributed by atoms with Crippen molar-refractivity contribution in [1.82, 2.24) is 29.9 Å². The fourth-order valence-corrected chi connectivity index (χ4v) is 3.86. The predicted octanol–water partition coefficient (Wildman–Crippen LogP) is 2.03. The molecule has 8 heteroatoms. The molecule has 1 atom stereocenters. The number of hydrogen-bond acceptors (Lipinski definition) is 5. The molecule has 1 fully saturated rings. The van der Waals surface area contributed by atoms with Crippen LogP contribution in [0, 0.1) is 0 Å². The summed E-state index contributed by atoms with van der Waals surface area (Å²) in [6.45, 7) is 2.86. The maximum Gasteiger partial charge on any atom is 0.317 e. The van der Waals surface area contributed by atoms with E-state index < -0.39 is 0 Å². The van der Waals surface area contributed by atoms with E-state index >= 15 is 0 Å². The molecule has 1 N–H and O–H groups in total. The van der Waals surface area contributed by atoms with Gasteiger partial charge in [0.05, 0.1) is 13.1 Å². The minimum Gasteiger partial charge on any atom is -0.333 e. The van der Waals surface area contributed by atoms with Gasteiger partial charge >= 0.3 is 6.03 Å². The first-order valence-corrected chi connectivity index (χ1v) is 9.50. The van der Waals surface area contributed by atoms with Crippen molar-refractivity contribution >= 4 is 17.4 Å². The first kappa shape index (κ1) is 17.9. The van der Waals surface area contributed by atoms with Gasteiger partial charge in [0, 0.05) is 30.9 Å². The summed E-state index contributed by atoms with van der Waals surface area (Å²) < 4.78 is 2.08. The molecule has 1 aliphatic heterocycles. The van der Waals surface area contributed by atoms with Crippen molar-refractivity contribution in [3.63, 3.8) is 0 Å². The third kappa shape index (κ3) is 4.38. The number of nitrogens with zero attached hydrogens (tertiary/aromatic N) is 5. The molecule has 25 heavy (non-hydrogen) atoms. The molecule has 1 saturated heterocycles. The number of carbonyl (C=O) groups is 1. The lowest BCUT2D eigenvalue weighted by Gasteiger charge is -2.32. The van der Waals surface area contributed by atoms with Crippen molar-refractivity contribution < 1.29 is 4.79 Å². The molecule has 136 valence electrons. The largest absolute Gasteiger partial charge is 0.333 e. The molecule has 0 bridgehead atoms. The quantitative estimate of drug-likeness (QED) is 0.884. The van der Waals surface area contributed by atoms with Crippen LogP contribution in [0.4, 0.5) is 4.79 Å². The summed E-state index contributed by atoms with van der Waals surface area (Å²) in [7, 11) is 6.06. The Hall–Kier alpha value is -1.93. The van der Waals surface area contributed by atoms with Crippen LogP contribution in [0.25, 0.3) is 0 Å². The maximum absolute atomic E-state index is 12.5. The zero-order valence-electron chi connectivity index (χ0n) is 15.1. The molecule has 2 aromatic heterocycles. The molecule has 0 aromatic carbocycles. The smallest absolute Gasteiger partial charge is 0.317 e. The van der Waals surface area contributed by atoms with E-state index in [4.69, 9.17) is 0 Å². The highest BCUT2D eigenvalue weighted by atomic mass is 32.1. The SMILES string of the molecule is CN(C)Cc1nnc([C@H]2CCCN(C(=O)NCc3cccs3)C2)n1C. The Labute approximate surface area is 152 Å². The van der Waals surface area contributed by atoms with Gasteiger partial charge in [0.1, 0.15) is 11.6 Å². The summed E-state index contributed by atoms with van der Waals surface area (Å²) in [5.74, 6) is 2.18. The molecular weight excluding hydrogens is 336 g/mol. The average molecular weight is 363 g/mol.